The van der Waals surface area contributed by atoms with Crippen LogP contribution in [-0.4, -0.2) is 13.6 Å². The fourth-order valence-electron chi connectivity index (χ4n) is 1.05. The first-order valence-corrected chi connectivity index (χ1v) is 4.33. The van der Waals surface area contributed by atoms with Crippen molar-refractivity contribution in [2.75, 3.05) is 13.6 Å². The number of likely N-dealkylation sites (N-methyl/N-ethyl adjacent to an activating group) is 1. The molecule has 0 aliphatic carbocycles. The van der Waals surface area contributed by atoms with Crippen LogP contribution in [0.4, 0.5) is 13.2 Å². The molecule has 1 nitrogen and oxygen atoms in total. The number of hydrogen-bond acceptors (Lipinski definition) is 1. The molecule has 1 aromatic rings. The van der Waals surface area contributed by atoms with Crippen molar-refractivity contribution in [3.63, 3.8) is 0 Å². The summed E-state index contributed by atoms with van der Waals surface area (Å²) < 4.78 is 39.1. The van der Waals surface area contributed by atoms with E-state index in [9.17, 15) is 13.2 Å². The zero-order valence-corrected chi connectivity index (χ0v) is 8.21. The summed E-state index contributed by atoms with van der Waals surface area (Å²) >= 11 is 5.39. The Morgan fingerprint density at radius 2 is 2.07 bits per heavy atom. The summed E-state index contributed by atoms with van der Waals surface area (Å²) in [6.07, 6.45) is 0. The van der Waals surface area contributed by atoms with Crippen LogP contribution < -0.4 is 5.32 Å². The van der Waals surface area contributed by atoms with E-state index in [1.807, 2.05) is 0 Å². The molecule has 1 rings (SSSR count). The Morgan fingerprint density at radius 1 is 1.43 bits per heavy atom. The zero-order chi connectivity index (χ0) is 10.8. The molecule has 1 aromatic carbocycles. The lowest BCUT2D eigenvalue weighted by atomic mass is 10.1. The summed E-state index contributed by atoms with van der Waals surface area (Å²) in [6, 6.07) is 2.90. The topological polar surface area (TPSA) is 12.0 Å². The molecule has 0 bridgehead atoms. The van der Waals surface area contributed by atoms with Gasteiger partial charge in [0.2, 0.25) is 0 Å². The number of alkyl halides is 2. The number of hydrogen-bond donors (Lipinski definition) is 1. The van der Waals surface area contributed by atoms with Gasteiger partial charge in [-0.1, -0.05) is 11.6 Å². The standard InChI is InChI=1S/C9H9ClF3N/c1-14-5-9(12,13)6-2-3-8(11)7(10)4-6/h2-4,14H,5H2,1H3. The summed E-state index contributed by atoms with van der Waals surface area (Å²) in [6.45, 7) is -0.505. The second-order valence-corrected chi connectivity index (χ2v) is 3.27. The van der Waals surface area contributed by atoms with E-state index in [0.717, 1.165) is 18.2 Å². The summed E-state index contributed by atoms with van der Waals surface area (Å²) in [7, 11) is 1.42. The predicted octanol–water partition coefficient (Wildman–Crippen LogP) is 2.79. The third kappa shape index (κ3) is 2.39. The number of nitrogens with one attached hydrogen (secondary N) is 1. The molecular formula is C9H9ClF3N. The van der Waals surface area contributed by atoms with E-state index in [1.165, 1.54) is 7.05 Å². The Hall–Kier alpha value is -0.740. The smallest absolute Gasteiger partial charge is 0.285 e. The molecule has 5 heteroatoms. The largest absolute Gasteiger partial charge is 0.314 e. The first-order chi connectivity index (χ1) is 6.47. The molecule has 0 amide bonds. The number of halogens is 4. The second-order valence-electron chi connectivity index (χ2n) is 2.86. The highest BCUT2D eigenvalue weighted by atomic mass is 35.5. The molecule has 0 aromatic heterocycles. The highest BCUT2D eigenvalue weighted by Crippen LogP contribution is 2.29. The van der Waals surface area contributed by atoms with Crippen LogP contribution in [0.1, 0.15) is 5.56 Å². The molecule has 0 radical (unpaired) electrons. The van der Waals surface area contributed by atoms with Crippen molar-refractivity contribution in [2.24, 2.45) is 0 Å². The molecular weight excluding hydrogens is 215 g/mol. The van der Waals surface area contributed by atoms with Gasteiger partial charge in [-0.05, 0) is 25.2 Å². The zero-order valence-electron chi connectivity index (χ0n) is 7.45. The van der Waals surface area contributed by atoms with Crippen LogP contribution in [0.3, 0.4) is 0 Å². The van der Waals surface area contributed by atoms with E-state index in [1.54, 1.807) is 0 Å². The average molecular weight is 224 g/mol. The van der Waals surface area contributed by atoms with E-state index in [4.69, 9.17) is 11.6 Å². The van der Waals surface area contributed by atoms with Crippen molar-refractivity contribution in [1.29, 1.82) is 0 Å². The van der Waals surface area contributed by atoms with Crippen LogP contribution in [-0.2, 0) is 5.92 Å². The van der Waals surface area contributed by atoms with E-state index in [0.29, 0.717) is 0 Å². The molecule has 0 aliphatic heterocycles. The van der Waals surface area contributed by atoms with Crippen LogP contribution in [0.25, 0.3) is 0 Å². The van der Waals surface area contributed by atoms with Gasteiger partial charge in [0.05, 0.1) is 11.6 Å². The van der Waals surface area contributed by atoms with Gasteiger partial charge in [0.25, 0.3) is 5.92 Å². The molecule has 0 saturated heterocycles. The van der Waals surface area contributed by atoms with Crippen molar-refractivity contribution < 1.29 is 13.2 Å². The quantitative estimate of drug-likeness (QED) is 0.831. The van der Waals surface area contributed by atoms with Gasteiger partial charge in [-0.2, -0.15) is 8.78 Å². The van der Waals surface area contributed by atoms with Crippen molar-refractivity contribution in [3.05, 3.63) is 34.6 Å². The number of rotatable bonds is 3. The van der Waals surface area contributed by atoms with E-state index in [2.05, 4.69) is 5.32 Å². The van der Waals surface area contributed by atoms with Crippen LogP contribution in [0.15, 0.2) is 18.2 Å². The predicted molar refractivity (Wildman–Crippen MR) is 49.2 cm³/mol. The van der Waals surface area contributed by atoms with Gasteiger partial charge >= 0.3 is 0 Å². The molecule has 0 aliphatic rings. The Morgan fingerprint density at radius 3 is 2.57 bits per heavy atom. The van der Waals surface area contributed by atoms with Crippen LogP contribution in [0.5, 0.6) is 0 Å². The van der Waals surface area contributed by atoms with Gasteiger partial charge in [-0.15, -0.1) is 0 Å². The average Bonchev–Trinajstić information content (AvgIpc) is 2.09. The first kappa shape index (κ1) is 11.3. The minimum Gasteiger partial charge on any atom is -0.314 e. The molecule has 78 valence electrons. The maximum absolute atomic E-state index is 13.2. The molecule has 0 saturated carbocycles. The van der Waals surface area contributed by atoms with Gasteiger partial charge < -0.3 is 5.32 Å². The Balaban J connectivity index is 3.01. The molecule has 0 unspecified atom stereocenters. The minimum absolute atomic E-state index is 0.293. The first-order valence-electron chi connectivity index (χ1n) is 3.95. The molecule has 14 heavy (non-hydrogen) atoms. The van der Waals surface area contributed by atoms with Gasteiger partial charge in [-0.25, -0.2) is 4.39 Å². The van der Waals surface area contributed by atoms with Gasteiger partial charge in [0.1, 0.15) is 5.82 Å². The van der Waals surface area contributed by atoms with Crippen LogP contribution >= 0.6 is 11.6 Å². The Labute approximate surface area is 84.9 Å². The van der Waals surface area contributed by atoms with E-state index < -0.39 is 18.3 Å². The van der Waals surface area contributed by atoms with Crippen molar-refractivity contribution in [1.82, 2.24) is 5.32 Å². The summed E-state index contributed by atoms with van der Waals surface area (Å²) in [5.74, 6) is -3.73. The molecule has 0 atom stereocenters. The fourth-order valence-corrected chi connectivity index (χ4v) is 1.23. The Bertz CT molecular complexity index is 328. The Kier molecular flexibility index (Phi) is 3.39. The normalized spacial score (nSPS) is 11.8. The van der Waals surface area contributed by atoms with E-state index >= 15 is 0 Å². The monoisotopic (exact) mass is 223 g/mol. The SMILES string of the molecule is CNCC(F)(F)c1ccc(F)c(Cl)c1. The van der Waals surface area contributed by atoms with Gasteiger partial charge in [0.15, 0.2) is 0 Å². The molecule has 1 N–H and O–H groups in total. The summed E-state index contributed by atoms with van der Waals surface area (Å²) in [4.78, 5) is 0. The maximum atomic E-state index is 13.2. The molecule has 0 heterocycles. The summed E-state index contributed by atoms with van der Waals surface area (Å²) in [5, 5.41) is 2.06. The highest BCUT2D eigenvalue weighted by molar-refractivity contribution is 6.30. The van der Waals surface area contributed by atoms with Crippen molar-refractivity contribution in [2.45, 2.75) is 5.92 Å². The second kappa shape index (κ2) is 4.19. The third-order valence-corrected chi connectivity index (χ3v) is 2.03. The van der Waals surface area contributed by atoms with E-state index in [-0.39, 0.29) is 10.6 Å². The summed E-state index contributed by atoms with van der Waals surface area (Å²) in [5.41, 5.74) is -0.293. The highest BCUT2D eigenvalue weighted by Gasteiger charge is 2.30. The van der Waals surface area contributed by atoms with Gasteiger partial charge in [0, 0.05) is 5.56 Å². The van der Waals surface area contributed by atoms with Crippen LogP contribution in [0, 0.1) is 5.82 Å². The molecule has 0 fully saturated rings. The number of benzene rings is 1. The molecule has 0 spiro atoms. The lowest BCUT2D eigenvalue weighted by Crippen LogP contribution is -2.28. The lowest BCUT2D eigenvalue weighted by Gasteiger charge is -2.16. The van der Waals surface area contributed by atoms with Crippen molar-refractivity contribution in [3.8, 4) is 0 Å². The maximum Gasteiger partial charge on any atom is 0.285 e. The lowest BCUT2D eigenvalue weighted by molar-refractivity contribution is -0.00130. The minimum atomic E-state index is -3.04. The fraction of sp³-hybridized carbons (Fsp3) is 0.333. The van der Waals surface area contributed by atoms with Crippen molar-refractivity contribution >= 4 is 11.6 Å². The van der Waals surface area contributed by atoms with Gasteiger partial charge in [-0.3, -0.25) is 0 Å². The third-order valence-electron chi connectivity index (χ3n) is 1.74. The van der Waals surface area contributed by atoms with Crippen LogP contribution in [0.2, 0.25) is 5.02 Å².